The number of amides is 1. The summed E-state index contributed by atoms with van der Waals surface area (Å²) in [4.78, 5) is 57.8. The predicted octanol–water partition coefficient (Wildman–Crippen LogP) is 13.6. The van der Waals surface area contributed by atoms with Crippen LogP contribution in [-0.4, -0.2) is 73.8 Å². The highest BCUT2D eigenvalue weighted by Gasteiger charge is 2.30. The quantitative estimate of drug-likeness (QED) is 0.0371. The molecule has 0 aromatic carbocycles. The molecule has 0 unspecified atom stereocenters. The van der Waals surface area contributed by atoms with Crippen molar-refractivity contribution in [1.29, 1.82) is 0 Å². The number of aryl methyl sites for hydroxylation is 1. The molecular formula is C51H90N2O6S. The number of thiophene rings is 1. The monoisotopic (exact) mass is 859 g/mol. The third-order valence-electron chi connectivity index (χ3n) is 11.6. The van der Waals surface area contributed by atoms with Gasteiger partial charge in [0.25, 0.3) is 0 Å². The van der Waals surface area contributed by atoms with Crippen LogP contribution in [0.25, 0.3) is 0 Å². The first-order chi connectivity index (χ1) is 28.8. The molecule has 346 valence electrons. The van der Waals surface area contributed by atoms with Gasteiger partial charge in [0, 0.05) is 48.5 Å². The predicted molar refractivity (Wildman–Crippen MR) is 253 cm³/mol. The van der Waals surface area contributed by atoms with Gasteiger partial charge in [-0.15, -0.1) is 11.3 Å². The fourth-order valence-corrected chi connectivity index (χ4v) is 9.21. The van der Waals surface area contributed by atoms with Crippen LogP contribution in [0.15, 0.2) is 12.2 Å². The SMILES string of the molecule is C.CCCCCCCC/C=C\CCCCCCCC(=O)CCc1sc2c(c1C(=O)OCCCN(C)C)CCN(C(=O)CCCCCCC(=O)OCCCCCCCCC)C2. The van der Waals surface area contributed by atoms with Crippen molar-refractivity contribution in [2.24, 2.45) is 0 Å². The third kappa shape index (κ3) is 26.7. The van der Waals surface area contributed by atoms with E-state index < -0.39 is 0 Å². The van der Waals surface area contributed by atoms with Crippen molar-refractivity contribution in [3.05, 3.63) is 33.0 Å². The zero-order valence-corrected chi connectivity index (χ0v) is 39.2. The van der Waals surface area contributed by atoms with E-state index in [1.165, 1.54) is 96.3 Å². The highest BCUT2D eigenvalue weighted by Crippen LogP contribution is 2.35. The van der Waals surface area contributed by atoms with Crippen LogP contribution < -0.4 is 0 Å². The van der Waals surface area contributed by atoms with Crippen molar-refractivity contribution in [3.8, 4) is 0 Å². The summed E-state index contributed by atoms with van der Waals surface area (Å²) in [5, 5.41) is 0. The maximum absolute atomic E-state index is 13.5. The van der Waals surface area contributed by atoms with Crippen molar-refractivity contribution in [1.82, 2.24) is 9.80 Å². The molecule has 0 radical (unpaired) electrons. The first-order valence-electron chi connectivity index (χ1n) is 24.3. The van der Waals surface area contributed by atoms with E-state index in [-0.39, 0.29) is 31.1 Å². The molecule has 1 aliphatic heterocycles. The van der Waals surface area contributed by atoms with Crippen LogP contribution >= 0.6 is 11.3 Å². The van der Waals surface area contributed by atoms with E-state index >= 15 is 0 Å². The number of carbonyl (C=O) groups is 4. The lowest BCUT2D eigenvalue weighted by Crippen LogP contribution is -2.35. The topological polar surface area (TPSA) is 93.2 Å². The van der Waals surface area contributed by atoms with Gasteiger partial charge in [-0.1, -0.05) is 136 Å². The van der Waals surface area contributed by atoms with Crippen LogP contribution in [0.4, 0.5) is 0 Å². The molecule has 1 aliphatic rings. The molecule has 0 saturated heterocycles. The summed E-state index contributed by atoms with van der Waals surface area (Å²) >= 11 is 1.59. The molecule has 8 nitrogen and oxygen atoms in total. The van der Waals surface area contributed by atoms with E-state index in [2.05, 4.69) is 30.9 Å². The Bertz CT molecular complexity index is 1310. The fraction of sp³-hybridized carbons (Fsp3) is 0.804. The van der Waals surface area contributed by atoms with Gasteiger partial charge in [0.2, 0.25) is 5.91 Å². The molecule has 0 N–H and O–H groups in total. The number of hydrogen-bond donors (Lipinski definition) is 0. The molecular weight excluding hydrogens is 769 g/mol. The minimum Gasteiger partial charge on any atom is -0.466 e. The highest BCUT2D eigenvalue weighted by atomic mass is 32.1. The van der Waals surface area contributed by atoms with E-state index in [9.17, 15) is 19.2 Å². The second-order valence-corrected chi connectivity index (χ2v) is 18.5. The number of ketones is 1. The van der Waals surface area contributed by atoms with Gasteiger partial charge in [-0.2, -0.15) is 0 Å². The number of carbonyl (C=O) groups excluding carboxylic acids is 4. The third-order valence-corrected chi connectivity index (χ3v) is 12.8. The molecule has 1 aromatic heterocycles. The zero-order chi connectivity index (χ0) is 42.8. The number of unbranched alkanes of at least 4 members (excludes halogenated alkanes) is 20. The number of rotatable bonds is 38. The van der Waals surface area contributed by atoms with Gasteiger partial charge in [0.05, 0.1) is 25.3 Å². The molecule has 0 bridgehead atoms. The Labute approximate surface area is 372 Å². The van der Waals surface area contributed by atoms with Crippen molar-refractivity contribution >= 4 is 35.0 Å². The average molecular weight is 859 g/mol. The summed E-state index contributed by atoms with van der Waals surface area (Å²) < 4.78 is 11.2. The fourth-order valence-electron chi connectivity index (χ4n) is 7.85. The van der Waals surface area contributed by atoms with Gasteiger partial charge in [0.15, 0.2) is 0 Å². The van der Waals surface area contributed by atoms with E-state index in [1.807, 2.05) is 19.0 Å². The summed E-state index contributed by atoms with van der Waals surface area (Å²) in [6, 6.07) is 0. The van der Waals surface area contributed by atoms with Crippen molar-refractivity contribution in [2.45, 2.75) is 227 Å². The first-order valence-corrected chi connectivity index (χ1v) is 25.1. The summed E-state index contributed by atoms with van der Waals surface area (Å²) in [5.74, 6) is 0.00710. The number of fused-ring (bicyclic) bond motifs is 1. The summed E-state index contributed by atoms with van der Waals surface area (Å²) in [5.41, 5.74) is 1.66. The summed E-state index contributed by atoms with van der Waals surface area (Å²) in [6.45, 7) is 7.31. The minimum atomic E-state index is -0.289. The minimum absolute atomic E-state index is 0. The second kappa shape index (κ2) is 37.1. The van der Waals surface area contributed by atoms with Gasteiger partial charge in [-0.05, 0) is 90.3 Å². The van der Waals surface area contributed by atoms with E-state index in [0.29, 0.717) is 70.4 Å². The largest absolute Gasteiger partial charge is 0.466 e. The Kier molecular flexibility index (Phi) is 34.3. The van der Waals surface area contributed by atoms with Crippen LogP contribution in [0, 0.1) is 0 Å². The molecule has 0 spiro atoms. The Balaban J connectivity index is 0.0000180. The van der Waals surface area contributed by atoms with Crippen LogP contribution in [0.5, 0.6) is 0 Å². The van der Waals surface area contributed by atoms with Crippen LogP contribution in [0.1, 0.15) is 233 Å². The Morgan fingerprint density at radius 3 is 1.78 bits per heavy atom. The Morgan fingerprint density at radius 2 is 1.17 bits per heavy atom. The van der Waals surface area contributed by atoms with E-state index in [4.69, 9.17) is 9.47 Å². The average Bonchev–Trinajstić information content (AvgIpc) is 3.60. The zero-order valence-electron chi connectivity index (χ0n) is 38.4. The lowest BCUT2D eigenvalue weighted by atomic mass is 9.98. The van der Waals surface area contributed by atoms with Crippen molar-refractivity contribution in [3.63, 3.8) is 0 Å². The molecule has 0 saturated carbocycles. The summed E-state index contributed by atoms with van der Waals surface area (Å²) in [7, 11) is 4.02. The molecule has 1 amide bonds. The number of ether oxygens (including phenoxy) is 2. The van der Waals surface area contributed by atoms with Crippen molar-refractivity contribution < 1.29 is 28.7 Å². The van der Waals surface area contributed by atoms with Gasteiger partial charge >= 0.3 is 11.9 Å². The maximum atomic E-state index is 13.5. The number of allylic oxidation sites excluding steroid dienone is 2. The lowest BCUT2D eigenvalue weighted by Gasteiger charge is -2.27. The summed E-state index contributed by atoms with van der Waals surface area (Å²) in [6.07, 6.45) is 36.6. The molecule has 0 aliphatic carbocycles. The van der Waals surface area contributed by atoms with Gasteiger partial charge < -0.3 is 19.3 Å². The molecule has 9 heteroatoms. The standard InChI is InChI=1S/C50H86N2O6S.CH4/c1-5-7-9-11-13-14-15-16-17-18-19-20-21-23-27-32-43(53)35-36-45-49(50(56)58-41-31-38-51(3)4)44-37-39-52(42-46(44)59-45)47(54)33-28-24-25-29-34-48(55)57-40-30-26-22-12-10-8-6-2;/h16-17H,5-15,18-42H2,1-4H3;1H4/b17-16-;. The van der Waals surface area contributed by atoms with E-state index in [0.717, 1.165) is 86.1 Å². The number of Topliss-reactive ketones (excluding diaryl/α,β-unsaturated/α-hetero) is 1. The van der Waals surface area contributed by atoms with Crippen LogP contribution in [0.3, 0.4) is 0 Å². The van der Waals surface area contributed by atoms with Gasteiger partial charge in [-0.25, -0.2) is 4.79 Å². The molecule has 0 fully saturated rings. The number of nitrogens with zero attached hydrogens (tertiary/aromatic N) is 2. The van der Waals surface area contributed by atoms with Gasteiger partial charge in [0.1, 0.15) is 5.78 Å². The molecule has 0 atom stereocenters. The van der Waals surface area contributed by atoms with Crippen LogP contribution in [0.2, 0.25) is 0 Å². The normalized spacial score (nSPS) is 12.5. The lowest BCUT2D eigenvalue weighted by molar-refractivity contribution is -0.144. The number of esters is 2. The Hall–Kier alpha value is -2.52. The number of hydrogen-bond acceptors (Lipinski definition) is 8. The van der Waals surface area contributed by atoms with Crippen molar-refractivity contribution in [2.75, 3.05) is 40.4 Å². The maximum Gasteiger partial charge on any atom is 0.339 e. The first kappa shape index (κ1) is 55.5. The second-order valence-electron chi connectivity index (χ2n) is 17.3. The van der Waals surface area contributed by atoms with E-state index in [1.54, 1.807) is 11.3 Å². The molecule has 60 heavy (non-hydrogen) atoms. The van der Waals surface area contributed by atoms with Gasteiger partial charge in [-0.3, -0.25) is 14.4 Å². The smallest absolute Gasteiger partial charge is 0.339 e. The highest BCUT2D eigenvalue weighted by molar-refractivity contribution is 7.12. The Morgan fingerprint density at radius 1 is 0.633 bits per heavy atom. The van der Waals surface area contributed by atoms with Crippen LogP contribution in [-0.2, 0) is 43.2 Å². The molecule has 2 heterocycles. The molecule has 1 aromatic rings. The molecule has 2 rings (SSSR count).